The van der Waals surface area contributed by atoms with Gasteiger partial charge in [0.05, 0.1) is 23.9 Å². The zero-order valence-electron chi connectivity index (χ0n) is 50.1. The van der Waals surface area contributed by atoms with Gasteiger partial charge in [0.25, 0.3) is 0 Å². The summed E-state index contributed by atoms with van der Waals surface area (Å²) in [4.78, 5) is 153. The van der Waals surface area contributed by atoms with Crippen molar-refractivity contribution in [2.75, 3.05) is 91.6 Å². The maximum absolute atomic E-state index is 14.6. The number of unbranched alkanes of at least 4 members (excludes halogenated alkanes) is 2. The number of hydrogen-bond acceptors (Lipinski definition) is 20. The maximum atomic E-state index is 14.6. The number of carboxylic acids is 5. The third kappa shape index (κ3) is 26.8. The molecule has 2 saturated heterocycles. The van der Waals surface area contributed by atoms with E-state index in [1.807, 2.05) is 20.8 Å². The topological polar surface area (TPSA) is 402 Å². The summed E-state index contributed by atoms with van der Waals surface area (Å²) in [6.45, 7) is 6.60. The number of rotatable bonds is 38. The molecule has 85 heavy (non-hydrogen) atoms. The zero-order chi connectivity index (χ0) is 63.2. The second kappa shape index (κ2) is 38.6. The standard InChI is InChI=1S/C59H96N10O16/c1-5-40(4)53(49(71)35-42(16-9-11-21-60)54(78)62-45(17-10-12-22-61)57(81)69-23-13-18-47(69)56(80)63-46(58(82)83)33-41-14-7-6-8-15-41)64-55(79)43(32-39(2)3)34-44(70)19-20-48(59(84)85)68-30-28-66(37-51(74)75)26-24-65(36-50(72)73)25-27-67(29-31-68)38-52(76)77/h6-8,14-15,39-40,42-43,45-48,53H,5,9-13,16-38,60-61H2,1-4H3,(H,62,78)(H,63,80)(H,64,79)(H,72,73)(H,74,75)(H,76,77)(H,82,83)(H,84,85)/p-3/t40-,42+,43+,45-,46-,47-,48?,53-/m0/s1. The van der Waals surface area contributed by atoms with Gasteiger partial charge in [-0.25, -0.2) is 4.79 Å². The van der Waals surface area contributed by atoms with Gasteiger partial charge in [0.1, 0.15) is 30.0 Å². The molecule has 4 amide bonds. The molecule has 1 aromatic rings. The van der Waals surface area contributed by atoms with Crippen LogP contribution in [-0.2, 0) is 59.2 Å². The van der Waals surface area contributed by atoms with E-state index in [1.54, 1.807) is 37.3 Å². The van der Waals surface area contributed by atoms with E-state index in [0.717, 1.165) is 0 Å². The van der Waals surface area contributed by atoms with Gasteiger partial charge in [-0.05, 0) is 88.3 Å². The molecule has 3 rings (SSSR count). The van der Waals surface area contributed by atoms with E-state index >= 15 is 0 Å². The average molecular weight is 1200 g/mol. The summed E-state index contributed by atoms with van der Waals surface area (Å²) in [6, 6.07) is 2.97. The van der Waals surface area contributed by atoms with E-state index in [4.69, 9.17) is 11.5 Å². The molecule has 0 spiro atoms. The van der Waals surface area contributed by atoms with E-state index in [2.05, 4.69) is 16.0 Å². The summed E-state index contributed by atoms with van der Waals surface area (Å²) in [5.74, 6) is -12.5. The Morgan fingerprint density at radius 3 is 1.65 bits per heavy atom. The highest BCUT2D eigenvalue weighted by atomic mass is 16.4. The highest BCUT2D eigenvalue weighted by molar-refractivity contribution is 5.97. The van der Waals surface area contributed by atoms with Crippen molar-refractivity contribution in [2.24, 2.45) is 35.1 Å². The summed E-state index contributed by atoms with van der Waals surface area (Å²) in [5, 5.41) is 63.9. The fourth-order valence-electron chi connectivity index (χ4n) is 11.0. The minimum atomic E-state index is -1.42. The number of likely N-dealkylation sites (tertiary alicyclic amines) is 1. The Kier molecular flexibility index (Phi) is 33.0. The minimum absolute atomic E-state index is 0.0113. The molecule has 2 aliphatic rings. The van der Waals surface area contributed by atoms with Crippen molar-refractivity contribution in [3.05, 3.63) is 35.9 Å². The van der Waals surface area contributed by atoms with Gasteiger partial charge in [-0.15, -0.1) is 0 Å². The number of ketones is 2. The molecule has 2 heterocycles. The fourth-order valence-corrected chi connectivity index (χ4v) is 11.0. The zero-order valence-corrected chi connectivity index (χ0v) is 50.1. The summed E-state index contributed by atoms with van der Waals surface area (Å²) < 4.78 is 0. The Labute approximate surface area is 499 Å². The van der Waals surface area contributed by atoms with Crippen molar-refractivity contribution >= 4 is 65.0 Å². The number of carbonyl (C=O) groups is 11. The van der Waals surface area contributed by atoms with E-state index < -0.39 is 133 Å². The first-order valence-corrected chi connectivity index (χ1v) is 30.0. The second-order valence-corrected chi connectivity index (χ2v) is 23.1. The molecule has 2 aliphatic heterocycles. The molecule has 2 fully saturated rings. The highest BCUT2D eigenvalue weighted by Gasteiger charge is 2.40. The first-order chi connectivity index (χ1) is 40.4. The normalized spacial score (nSPS) is 18.5. The van der Waals surface area contributed by atoms with Crippen molar-refractivity contribution in [3.8, 4) is 0 Å². The molecular formula is C59H93N10O16-3. The molecule has 26 nitrogen and oxygen atoms in total. The Bertz CT molecular complexity index is 2320. The maximum Gasteiger partial charge on any atom is 0.326 e. The first-order valence-electron chi connectivity index (χ1n) is 30.0. The Morgan fingerprint density at radius 2 is 1.15 bits per heavy atom. The van der Waals surface area contributed by atoms with Crippen LogP contribution in [0.3, 0.4) is 0 Å². The lowest BCUT2D eigenvalue weighted by atomic mass is 9.86. The predicted octanol–water partition coefficient (Wildman–Crippen LogP) is -3.04. The summed E-state index contributed by atoms with van der Waals surface area (Å²) in [7, 11) is 0. The van der Waals surface area contributed by atoms with Crippen LogP contribution in [0.25, 0.3) is 0 Å². The van der Waals surface area contributed by atoms with E-state index in [9.17, 15) is 78.3 Å². The largest absolute Gasteiger partial charge is 0.549 e. The van der Waals surface area contributed by atoms with E-state index in [1.165, 1.54) is 24.5 Å². The van der Waals surface area contributed by atoms with Gasteiger partial charge in [0.2, 0.25) is 23.6 Å². The fraction of sp³-hybridized carbons (Fsp3) is 0.712. The number of carboxylic acid groups (broad SMARTS) is 5. The number of hydrogen-bond donors (Lipinski definition) is 7. The third-order valence-electron chi connectivity index (χ3n) is 15.9. The van der Waals surface area contributed by atoms with Gasteiger partial charge >= 0.3 is 11.9 Å². The Morgan fingerprint density at radius 1 is 0.624 bits per heavy atom. The molecule has 1 aromatic carbocycles. The molecule has 9 N–H and O–H groups in total. The van der Waals surface area contributed by atoms with Crippen LogP contribution in [0, 0.1) is 23.7 Å². The van der Waals surface area contributed by atoms with Gasteiger partial charge in [-0.1, -0.05) is 70.9 Å². The molecule has 8 atom stereocenters. The van der Waals surface area contributed by atoms with E-state index in [0.29, 0.717) is 57.2 Å². The van der Waals surface area contributed by atoms with Crippen LogP contribution in [0.1, 0.15) is 123 Å². The van der Waals surface area contributed by atoms with Crippen LogP contribution in [0.5, 0.6) is 0 Å². The number of carbonyl (C=O) groups excluding carboxylic acids is 9. The quantitative estimate of drug-likeness (QED) is 0.0324. The smallest absolute Gasteiger partial charge is 0.326 e. The van der Waals surface area contributed by atoms with Crippen molar-refractivity contribution < 1.29 is 78.3 Å². The average Bonchev–Trinajstić information content (AvgIpc) is 4.22. The Hall–Kier alpha value is -6.45. The molecule has 478 valence electrons. The van der Waals surface area contributed by atoms with Gasteiger partial charge in [-0.2, -0.15) is 0 Å². The third-order valence-corrected chi connectivity index (χ3v) is 15.9. The summed E-state index contributed by atoms with van der Waals surface area (Å²) in [6.07, 6.45) is 2.49. The van der Waals surface area contributed by atoms with Gasteiger partial charge in [0.15, 0.2) is 5.78 Å². The molecule has 1 unspecified atom stereocenters. The van der Waals surface area contributed by atoms with Crippen LogP contribution in [0.4, 0.5) is 0 Å². The highest BCUT2D eigenvalue weighted by Crippen LogP contribution is 2.25. The molecular weight excluding hydrogens is 1100 g/mol. The number of nitrogens with two attached hydrogens (primary N) is 2. The molecule has 0 aromatic heterocycles. The first kappa shape index (κ1) is 72.8. The lowest BCUT2D eigenvalue weighted by molar-refractivity contribution is -0.308. The van der Waals surface area contributed by atoms with Crippen molar-refractivity contribution in [3.63, 3.8) is 0 Å². The van der Waals surface area contributed by atoms with Crippen LogP contribution in [-0.4, -0.2) is 222 Å². The molecule has 26 heteroatoms. The molecule has 0 saturated carbocycles. The number of amides is 4. The molecule has 0 radical (unpaired) electrons. The number of Topliss-reactive ketones (excluding diaryl/α,β-unsaturated/α-hetero) is 2. The second-order valence-electron chi connectivity index (χ2n) is 23.1. The number of nitrogens with one attached hydrogen (secondary N) is 3. The summed E-state index contributed by atoms with van der Waals surface area (Å²) in [5.41, 5.74) is 12.4. The number of aliphatic carboxylic acids is 5. The van der Waals surface area contributed by atoms with Crippen LogP contribution < -0.4 is 42.7 Å². The summed E-state index contributed by atoms with van der Waals surface area (Å²) >= 11 is 0. The van der Waals surface area contributed by atoms with Gasteiger partial charge in [0, 0.05) is 116 Å². The van der Waals surface area contributed by atoms with Crippen molar-refractivity contribution in [1.29, 1.82) is 0 Å². The van der Waals surface area contributed by atoms with Crippen LogP contribution in [0.2, 0.25) is 0 Å². The minimum Gasteiger partial charge on any atom is -0.549 e. The monoisotopic (exact) mass is 1200 g/mol. The Balaban J connectivity index is 1.83. The van der Waals surface area contributed by atoms with E-state index in [-0.39, 0.29) is 123 Å². The van der Waals surface area contributed by atoms with Crippen molar-refractivity contribution in [2.45, 2.75) is 154 Å². The van der Waals surface area contributed by atoms with Crippen molar-refractivity contribution in [1.82, 2.24) is 40.4 Å². The van der Waals surface area contributed by atoms with Crippen LogP contribution in [0.15, 0.2) is 30.3 Å². The number of nitrogens with zero attached hydrogens (tertiary/aromatic N) is 5. The van der Waals surface area contributed by atoms with Crippen LogP contribution >= 0.6 is 0 Å². The lowest BCUT2D eigenvalue weighted by Crippen LogP contribution is -2.56. The van der Waals surface area contributed by atoms with Gasteiger partial charge < -0.3 is 72.2 Å². The lowest BCUT2D eigenvalue weighted by Gasteiger charge is -2.36. The molecule has 0 bridgehead atoms. The SMILES string of the molecule is CC[C@H](C)[C@H](NC(=O)[C@@H](CC(=O)CCC(C(=O)O)N1CCN(CC(=O)[O-])CCN(CC(=O)[O-])CCN(CC(=O)[O-])CC1)CC(C)C)C(=O)C[C@@H](CCCCN)C(=O)N[C@@H](CCCCN)C(=O)N1CCC[C@H]1C(=O)N[C@@H](Cc1ccccc1)C(=O)O. The molecule has 0 aliphatic carbocycles. The van der Waals surface area contributed by atoms with Gasteiger partial charge in [-0.3, -0.25) is 53.2 Å². The predicted molar refractivity (Wildman–Crippen MR) is 306 cm³/mol. The number of benzene rings is 1.